The second-order valence-electron chi connectivity index (χ2n) is 6.41. The van der Waals surface area contributed by atoms with Crippen molar-refractivity contribution in [2.24, 2.45) is 0 Å². The Morgan fingerprint density at radius 1 is 1.14 bits per heavy atom. The maximum Gasteiger partial charge on any atom is 0.226 e. The zero-order chi connectivity index (χ0) is 19.3. The number of benzene rings is 2. The van der Waals surface area contributed by atoms with Gasteiger partial charge in [-0.1, -0.05) is 36.4 Å². The van der Waals surface area contributed by atoms with E-state index in [9.17, 15) is 4.79 Å². The van der Waals surface area contributed by atoms with Crippen LogP contribution in [0, 0.1) is 6.92 Å². The molecular formula is C22H20N2O3S. The van der Waals surface area contributed by atoms with Crippen molar-refractivity contribution in [3.8, 4) is 16.5 Å². The van der Waals surface area contributed by atoms with E-state index in [4.69, 9.17) is 9.15 Å². The van der Waals surface area contributed by atoms with Crippen LogP contribution in [0.1, 0.15) is 11.5 Å². The molecule has 6 heteroatoms. The quantitative estimate of drug-likeness (QED) is 0.467. The number of thiazole rings is 1. The number of nitrogens with zero attached hydrogens (tertiary/aromatic N) is 1. The Balaban J connectivity index is 1.26. The van der Waals surface area contributed by atoms with Crippen LogP contribution in [0.25, 0.3) is 21.5 Å². The summed E-state index contributed by atoms with van der Waals surface area (Å²) < 4.78 is 11.4. The van der Waals surface area contributed by atoms with E-state index in [1.54, 1.807) is 0 Å². The van der Waals surface area contributed by atoms with Crippen LogP contribution in [0.15, 0.2) is 64.4 Å². The maximum atomic E-state index is 12.2. The van der Waals surface area contributed by atoms with Gasteiger partial charge in [0, 0.05) is 10.8 Å². The normalized spacial score (nSPS) is 10.9. The highest BCUT2D eigenvalue weighted by molar-refractivity contribution is 7.13. The van der Waals surface area contributed by atoms with Gasteiger partial charge in [0.15, 0.2) is 10.8 Å². The molecule has 2 aromatic heterocycles. The van der Waals surface area contributed by atoms with Gasteiger partial charge in [-0.3, -0.25) is 4.79 Å². The first kappa shape index (κ1) is 18.3. The fourth-order valence-corrected chi connectivity index (χ4v) is 3.73. The highest BCUT2D eigenvalue weighted by Gasteiger charge is 2.11. The zero-order valence-electron chi connectivity index (χ0n) is 15.5. The number of rotatable bonds is 7. The number of nitrogens with one attached hydrogen (secondary N) is 1. The summed E-state index contributed by atoms with van der Waals surface area (Å²) in [6.45, 7) is 2.75. The van der Waals surface area contributed by atoms with Crippen molar-refractivity contribution in [1.29, 1.82) is 0 Å². The molecule has 0 aliphatic rings. The summed E-state index contributed by atoms with van der Waals surface area (Å²) in [5.74, 6) is 2.33. The van der Waals surface area contributed by atoms with E-state index in [0.717, 1.165) is 38.7 Å². The first-order chi connectivity index (χ1) is 13.7. The standard InChI is InChI=1S/C22H20N2O3S/c1-15-9-10-20(27-15)22-24-17(14-28-22)13-21(25)23-11-12-26-19-8-4-6-16-5-2-3-7-18(16)19/h2-10,14H,11-13H2,1H3,(H,23,25). The van der Waals surface area contributed by atoms with E-state index in [0.29, 0.717) is 13.2 Å². The molecule has 2 heterocycles. The average Bonchev–Trinajstić information content (AvgIpc) is 3.34. The van der Waals surface area contributed by atoms with Crippen LogP contribution in [0.4, 0.5) is 0 Å². The Bertz CT molecular complexity index is 1090. The fraction of sp³-hybridized carbons (Fsp3) is 0.182. The van der Waals surface area contributed by atoms with Crippen molar-refractivity contribution in [2.45, 2.75) is 13.3 Å². The van der Waals surface area contributed by atoms with Gasteiger partial charge in [-0.05, 0) is 30.5 Å². The predicted molar refractivity (Wildman–Crippen MR) is 111 cm³/mol. The SMILES string of the molecule is Cc1ccc(-c2nc(CC(=O)NCCOc3cccc4ccccc34)cs2)o1. The van der Waals surface area contributed by atoms with Crippen molar-refractivity contribution in [3.05, 3.63) is 71.4 Å². The van der Waals surface area contributed by atoms with Crippen molar-refractivity contribution >= 4 is 28.0 Å². The predicted octanol–water partition coefficient (Wildman–Crippen LogP) is 4.60. The molecule has 142 valence electrons. The number of carbonyl (C=O) groups is 1. The third-order valence-corrected chi connectivity index (χ3v) is 5.18. The van der Waals surface area contributed by atoms with Gasteiger partial charge in [0.25, 0.3) is 0 Å². The lowest BCUT2D eigenvalue weighted by Crippen LogP contribution is -2.29. The highest BCUT2D eigenvalue weighted by Crippen LogP contribution is 2.26. The lowest BCUT2D eigenvalue weighted by Gasteiger charge is -2.10. The van der Waals surface area contributed by atoms with Crippen LogP contribution in [0.5, 0.6) is 5.75 Å². The molecule has 0 bridgehead atoms. The van der Waals surface area contributed by atoms with Crippen molar-refractivity contribution < 1.29 is 13.9 Å². The van der Waals surface area contributed by atoms with E-state index in [-0.39, 0.29) is 12.3 Å². The third-order valence-electron chi connectivity index (χ3n) is 4.28. The van der Waals surface area contributed by atoms with Crippen LogP contribution >= 0.6 is 11.3 Å². The molecule has 2 aromatic carbocycles. The van der Waals surface area contributed by atoms with Crippen molar-refractivity contribution in [3.63, 3.8) is 0 Å². The number of fused-ring (bicyclic) bond motifs is 1. The molecule has 0 saturated carbocycles. The Morgan fingerprint density at radius 2 is 2.00 bits per heavy atom. The second kappa shape index (κ2) is 8.27. The minimum Gasteiger partial charge on any atom is -0.491 e. The minimum atomic E-state index is -0.0750. The molecule has 4 aromatic rings. The Morgan fingerprint density at radius 3 is 2.86 bits per heavy atom. The van der Waals surface area contributed by atoms with Crippen molar-refractivity contribution in [1.82, 2.24) is 10.3 Å². The van der Waals surface area contributed by atoms with Gasteiger partial charge in [-0.25, -0.2) is 4.98 Å². The van der Waals surface area contributed by atoms with E-state index < -0.39 is 0 Å². The third kappa shape index (κ3) is 4.23. The summed E-state index contributed by atoms with van der Waals surface area (Å²) in [5.41, 5.74) is 0.738. The van der Waals surface area contributed by atoms with Gasteiger partial charge in [-0.15, -0.1) is 11.3 Å². The lowest BCUT2D eigenvalue weighted by atomic mass is 10.1. The number of ether oxygens (including phenoxy) is 1. The molecule has 1 N–H and O–H groups in total. The Kier molecular flexibility index (Phi) is 5.39. The van der Waals surface area contributed by atoms with E-state index in [1.807, 2.05) is 54.8 Å². The van der Waals surface area contributed by atoms with Gasteiger partial charge < -0.3 is 14.5 Å². The summed E-state index contributed by atoms with van der Waals surface area (Å²) in [7, 11) is 0. The number of carbonyl (C=O) groups excluding carboxylic acids is 1. The van der Waals surface area contributed by atoms with Gasteiger partial charge in [-0.2, -0.15) is 0 Å². The summed E-state index contributed by atoms with van der Waals surface area (Å²) in [4.78, 5) is 16.6. The maximum absolute atomic E-state index is 12.2. The molecule has 4 rings (SSSR count). The summed E-state index contributed by atoms with van der Waals surface area (Å²) in [6.07, 6.45) is 0.241. The smallest absolute Gasteiger partial charge is 0.226 e. The molecule has 0 aliphatic heterocycles. The monoisotopic (exact) mass is 392 g/mol. The second-order valence-corrected chi connectivity index (χ2v) is 7.26. The Labute approximate surface area is 167 Å². The van der Waals surface area contributed by atoms with Gasteiger partial charge in [0.1, 0.15) is 18.1 Å². The number of amides is 1. The number of aryl methyl sites for hydroxylation is 1. The fourth-order valence-electron chi connectivity index (χ4n) is 2.95. The van der Waals surface area contributed by atoms with Crippen LogP contribution in [0.2, 0.25) is 0 Å². The molecule has 0 radical (unpaired) electrons. The van der Waals surface area contributed by atoms with Crippen LogP contribution in [-0.2, 0) is 11.2 Å². The first-order valence-electron chi connectivity index (χ1n) is 9.07. The van der Waals surface area contributed by atoms with E-state index >= 15 is 0 Å². The van der Waals surface area contributed by atoms with E-state index in [1.165, 1.54) is 11.3 Å². The van der Waals surface area contributed by atoms with Crippen LogP contribution < -0.4 is 10.1 Å². The average molecular weight is 392 g/mol. The lowest BCUT2D eigenvalue weighted by molar-refractivity contribution is -0.120. The topological polar surface area (TPSA) is 64.4 Å². The molecule has 0 unspecified atom stereocenters. The van der Waals surface area contributed by atoms with Crippen LogP contribution in [0.3, 0.4) is 0 Å². The summed E-state index contributed by atoms with van der Waals surface area (Å²) in [6, 6.07) is 17.8. The highest BCUT2D eigenvalue weighted by atomic mass is 32.1. The molecule has 0 fully saturated rings. The molecular weight excluding hydrogens is 372 g/mol. The molecule has 0 aliphatic carbocycles. The number of hydrogen-bond donors (Lipinski definition) is 1. The van der Waals surface area contributed by atoms with E-state index in [2.05, 4.69) is 22.4 Å². The molecule has 0 spiro atoms. The Hall–Kier alpha value is -3.12. The molecule has 28 heavy (non-hydrogen) atoms. The van der Waals surface area contributed by atoms with Gasteiger partial charge >= 0.3 is 0 Å². The molecule has 0 saturated heterocycles. The number of furan rings is 1. The minimum absolute atomic E-state index is 0.0750. The molecule has 5 nitrogen and oxygen atoms in total. The number of aromatic nitrogens is 1. The molecule has 0 atom stereocenters. The van der Waals surface area contributed by atoms with Gasteiger partial charge in [0.2, 0.25) is 5.91 Å². The first-order valence-corrected chi connectivity index (χ1v) is 9.95. The molecule has 1 amide bonds. The van der Waals surface area contributed by atoms with Gasteiger partial charge in [0.05, 0.1) is 18.7 Å². The summed E-state index contributed by atoms with van der Waals surface area (Å²) >= 11 is 1.48. The zero-order valence-corrected chi connectivity index (χ0v) is 16.3. The largest absolute Gasteiger partial charge is 0.491 e. The summed E-state index contributed by atoms with van der Waals surface area (Å²) in [5, 5.41) is 7.76. The number of hydrogen-bond acceptors (Lipinski definition) is 5. The van der Waals surface area contributed by atoms with Crippen molar-refractivity contribution in [2.75, 3.05) is 13.2 Å². The van der Waals surface area contributed by atoms with Crippen LogP contribution in [-0.4, -0.2) is 24.0 Å².